The molecule has 19 heavy (non-hydrogen) atoms. The van der Waals surface area contributed by atoms with Crippen LogP contribution in [0.1, 0.15) is 43.9 Å². The van der Waals surface area contributed by atoms with E-state index in [1.165, 1.54) is 27.1 Å². The summed E-state index contributed by atoms with van der Waals surface area (Å²) in [6, 6.07) is 4.45. The highest BCUT2D eigenvalue weighted by Gasteiger charge is 2.15. The number of nitrogens with zero attached hydrogens (tertiary/aromatic N) is 1. The molecule has 0 saturated carbocycles. The normalized spacial score (nSPS) is 12.7. The highest BCUT2D eigenvalue weighted by molar-refractivity contribution is 7.11. The summed E-state index contributed by atoms with van der Waals surface area (Å²) >= 11 is 1.76. The van der Waals surface area contributed by atoms with Crippen LogP contribution in [0.2, 0.25) is 0 Å². The van der Waals surface area contributed by atoms with Crippen LogP contribution < -0.4 is 5.73 Å². The Balaban J connectivity index is 2.27. The lowest BCUT2D eigenvalue weighted by molar-refractivity contribution is 0.706. The third kappa shape index (κ3) is 3.04. The number of aryl methyl sites for hydroxylation is 5. The Bertz CT molecular complexity index is 556. The topological polar surface area (TPSA) is 38.9 Å². The smallest absolute Gasteiger partial charge is 0.0949 e. The number of rotatable bonds is 3. The molecule has 0 fully saturated rings. The molecule has 1 atom stereocenters. The van der Waals surface area contributed by atoms with Gasteiger partial charge in [0.25, 0.3) is 0 Å². The van der Waals surface area contributed by atoms with Crippen molar-refractivity contribution in [2.75, 3.05) is 0 Å². The molecular weight excluding hydrogens is 252 g/mol. The Kier molecular flexibility index (Phi) is 4.07. The lowest BCUT2D eigenvalue weighted by Gasteiger charge is -2.17. The van der Waals surface area contributed by atoms with E-state index in [4.69, 9.17) is 5.73 Å². The second-order valence-corrected chi connectivity index (χ2v) is 6.66. The van der Waals surface area contributed by atoms with Crippen molar-refractivity contribution in [3.63, 3.8) is 0 Å². The lowest BCUT2D eigenvalue weighted by atomic mass is 9.93. The molecule has 0 aliphatic rings. The van der Waals surface area contributed by atoms with E-state index >= 15 is 0 Å². The van der Waals surface area contributed by atoms with E-state index < -0.39 is 0 Å². The largest absolute Gasteiger partial charge is 0.324 e. The van der Waals surface area contributed by atoms with Gasteiger partial charge in [0.2, 0.25) is 0 Å². The third-order valence-corrected chi connectivity index (χ3v) is 4.67. The second-order valence-electron chi connectivity index (χ2n) is 5.37. The summed E-state index contributed by atoms with van der Waals surface area (Å²) in [6.07, 6.45) is 0.823. The Morgan fingerprint density at radius 3 is 2.16 bits per heavy atom. The van der Waals surface area contributed by atoms with Gasteiger partial charge in [-0.25, -0.2) is 4.98 Å². The van der Waals surface area contributed by atoms with Gasteiger partial charge >= 0.3 is 0 Å². The molecule has 0 bridgehead atoms. The van der Waals surface area contributed by atoms with Crippen LogP contribution in [-0.4, -0.2) is 4.98 Å². The Hall–Kier alpha value is -1.19. The molecule has 0 saturated heterocycles. The monoisotopic (exact) mass is 274 g/mol. The maximum Gasteiger partial charge on any atom is 0.0949 e. The van der Waals surface area contributed by atoms with Crippen LogP contribution >= 0.6 is 11.3 Å². The van der Waals surface area contributed by atoms with Gasteiger partial charge in [-0.3, -0.25) is 0 Å². The van der Waals surface area contributed by atoms with E-state index in [1.807, 2.05) is 0 Å². The number of benzene rings is 1. The fourth-order valence-electron chi connectivity index (χ4n) is 2.69. The summed E-state index contributed by atoms with van der Waals surface area (Å²) in [7, 11) is 0. The zero-order valence-corrected chi connectivity index (χ0v) is 13.2. The molecule has 0 radical (unpaired) electrons. The minimum atomic E-state index is 0.0329. The Morgan fingerprint density at radius 1 is 1.11 bits per heavy atom. The highest BCUT2D eigenvalue weighted by atomic mass is 32.1. The first-order valence-electron chi connectivity index (χ1n) is 6.64. The van der Waals surface area contributed by atoms with Crippen LogP contribution in [-0.2, 0) is 6.42 Å². The number of aromatic nitrogens is 1. The van der Waals surface area contributed by atoms with Crippen molar-refractivity contribution in [3.8, 4) is 0 Å². The van der Waals surface area contributed by atoms with Crippen LogP contribution in [0.15, 0.2) is 12.1 Å². The maximum atomic E-state index is 6.40. The van der Waals surface area contributed by atoms with E-state index in [-0.39, 0.29) is 6.04 Å². The highest BCUT2D eigenvalue weighted by Crippen LogP contribution is 2.27. The van der Waals surface area contributed by atoms with Gasteiger partial charge < -0.3 is 5.73 Å². The molecule has 2 N–H and O–H groups in total. The van der Waals surface area contributed by atoms with Gasteiger partial charge in [0.05, 0.1) is 10.7 Å². The summed E-state index contributed by atoms with van der Waals surface area (Å²) in [5.41, 5.74) is 12.7. The molecule has 0 spiro atoms. The van der Waals surface area contributed by atoms with Crippen molar-refractivity contribution in [1.82, 2.24) is 4.98 Å². The van der Waals surface area contributed by atoms with Crippen LogP contribution in [0.4, 0.5) is 0 Å². The predicted octanol–water partition coefficient (Wildman–Crippen LogP) is 3.93. The van der Waals surface area contributed by atoms with E-state index in [2.05, 4.69) is 51.7 Å². The van der Waals surface area contributed by atoms with Gasteiger partial charge in [0, 0.05) is 17.3 Å². The Morgan fingerprint density at radius 2 is 1.68 bits per heavy atom. The molecule has 1 aromatic carbocycles. The first-order valence-corrected chi connectivity index (χ1v) is 7.46. The molecule has 1 unspecified atom stereocenters. The van der Waals surface area contributed by atoms with Gasteiger partial charge in [0.1, 0.15) is 0 Å². The molecule has 2 rings (SSSR count). The van der Waals surface area contributed by atoms with Gasteiger partial charge in [0.15, 0.2) is 0 Å². The maximum absolute atomic E-state index is 6.40. The molecule has 2 aromatic rings. The molecule has 1 heterocycles. The molecule has 2 nitrogen and oxygen atoms in total. The summed E-state index contributed by atoms with van der Waals surface area (Å²) in [4.78, 5) is 5.88. The first-order chi connectivity index (χ1) is 8.88. The SMILES string of the molecule is Cc1cc(C)c(C(N)Cc2nc(C)c(C)s2)c(C)c1. The minimum Gasteiger partial charge on any atom is -0.324 e. The molecule has 0 aliphatic carbocycles. The van der Waals surface area contributed by atoms with E-state index in [0.29, 0.717) is 0 Å². The number of nitrogens with two attached hydrogens (primary N) is 1. The average Bonchev–Trinajstić information content (AvgIpc) is 2.55. The van der Waals surface area contributed by atoms with E-state index in [1.54, 1.807) is 11.3 Å². The fraction of sp³-hybridized carbons (Fsp3) is 0.438. The lowest BCUT2D eigenvalue weighted by Crippen LogP contribution is -2.16. The summed E-state index contributed by atoms with van der Waals surface area (Å²) in [5.74, 6) is 0. The predicted molar refractivity (Wildman–Crippen MR) is 82.9 cm³/mol. The van der Waals surface area contributed by atoms with Crippen molar-refractivity contribution in [3.05, 3.63) is 50.0 Å². The average molecular weight is 274 g/mol. The number of hydrogen-bond acceptors (Lipinski definition) is 3. The summed E-state index contributed by atoms with van der Waals surface area (Å²) < 4.78 is 0. The summed E-state index contributed by atoms with van der Waals surface area (Å²) in [5, 5.41) is 1.14. The molecule has 1 aromatic heterocycles. The van der Waals surface area contributed by atoms with Crippen LogP contribution in [0, 0.1) is 34.6 Å². The van der Waals surface area contributed by atoms with Crippen LogP contribution in [0.25, 0.3) is 0 Å². The molecule has 0 aliphatic heterocycles. The summed E-state index contributed by atoms with van der Waals surface area (Å²) in [6.45, 7) is 10.6. The molecule has 3 heteroatoms. The minimum absolute atomic E-state index is 0.0329. The van der Waals surface area contributed by atoms with Gasteiger partial charge in [-0.1, -0.05) is 17.7 Å². The van der Waals surface area contributed by atoms with E-state index in [9.17, 15) is 0 Å². The van der Waals surface area contributed by atoms with Crippen molar-refractivity contribution in [1.29, 1.82) is 0 Å². The zero-order chi connectivity index (χ0) is 14.2. The standard InChI is InChI=1S/C16H22N2S/c1-9-6-10(2)16(11(3)7-9)14(17)8-15-18-12(4)13(5)19-15/h6-7,14H,8,17H2,1-5H3. The molecule has 0 amide bonds. The molecule has 102 valence electrons. The van der Waals surface area contributed by atoms with Crippen molar-refractivity contribution < 1.29 is 0 Å². The van der Waals surface area contributed by atoms with Gasteiger partial charge in [-0.05, 0) is 51.3 Å². The van der Waals surface area contributed by atoms with Crippen molar-refractivity contribution in [2.24, 2.45) is 5.73 Å². The van der Waals surface area contributed by atoms with Crippen molar-refractivity contribution >= 4 is 11.3 Å². The number of thiazole rings is 1. The fourth-order valence-corrected chi connectivity index (χ4v) is 3.68. The third-order valence-electron chi connectivity index (χ3n) is 3.58. The van der Waals surface area contributed by atoms with E-state index in [0.717, 1.165) is 17.1 Å². The first kappa shape index (κ1) is 14.2. The quantitative estimate of drug-likeness (QED) is 0.921. The number of hydrogen-bond donors (Lipinski definition) is 1. The van der Waals surface area contributed by atoms with Crippen LogP contribution in [0.3, 0.4) is 0 Å². The van der Waals surface area contributed by atoms with Crippen LogP contribution in [0.5, 0.6) is 0 Å². The Labute approximate surface area is 119 Å². The van der Waals surface area contributed by atoms with Crippen molar-refractivity contribution in [2.45, 2.75) is 47.1 Å². The second kappa shape index (κ2) is 5.43. The zero-order valence-electron chi connectivity index (χ0n) is 12.4. The van der Waals surface area contributed by atoms with Gasteiger partial charge in [-0.2, -0.15) is 0 Å². The molecular formula is C16H22N2S. The van der Waals surface area contributed by atoms with Gasteiger partial charge in [-0.15, -0.1) is 11.3 Å².